The fourth-order valence-electron chi connectivity index (χ4n) is 1.70. The fourth-order valence-corrected chi connectivity index (χ4v) is 2.06. The molecule has 4 heteroatoms. The number of hydrogen-bond donors (Lipinski definition) is 1. The van der Waals surface area contributed by atoms with E-state index in [9.17, 15) is 4.79 Å². The van der Waals surface area contributed by atoms with Gasteiger partial charge < -0.3 is 9.72 Å². The Hall–Kier alpha value is -1.55. The van der Waals surface area contributed by atoms with Crippen LogP contribution in [0.5, 0.6) is 0 Å². The van der Waals surface area contributed by atoms with Crippen molar-refractivity contribution < 1.29 is 9.53 Å². The molecule has 17 heavy (non-hydrogen) atoms. The molecule has 0 spiro atoms. The zero-order chi connectivity index (χ0) is 12.1. The number of halogens is 1. The molecular formula is C13H12BrNO2. The Morgan fingerprint density at radius 1 is 1.35 bits per heavy atom. The lowest BCUT2D eigenvalue weighted by Crippen LogP contribution is -2.07. The van der Waals surface area contributed by atoms with Gasteiger partial charge in [-0.1, -0.05) is 30.3 Å². The molecule has 88 valence electrons. The average Bonchev–Trinajstić information content (AvgIpc) is 2.77. The van der Waals surface area contributed by atoms with Gasteiger partial charge in [0.2, 0.25) is 0 Å². The molecule has 1 N–H and O–H groups in total. The van der Waals surface area contributed by atoms with Gasteiger partial charge in [0, 0.05) is 17.1 Å². The maximum Gasteiger partial charge on any atom is 0.293 e. The number of hydrogen-bond acceptors (Lipinski definition) is 2. The van der Waals surface area contributed by atoms with Crippen LogP contribution in [0.25, 0.3) is 0 Å². The second-order valence-corrected chi connectivity index (χ2v) is 4.60. The molecule has 1 aromatic carbocycles. The summed E-state index contributed by atoms with van der Waals surface area (Å²) >= 11 is 3.36. The first-order valence-corrected chi connectivity index (χ1v) is 6.05. The van der Waals surface area contributed by atoms with Gasteiger partial charge in [0.15, 0.2) is 0 Å². The molecule has 1 unspecified atom stereocenters. The van der Waals surface area contributed by atoms with E-state index in [4.69, 9.17) is 4.74 Å². The molecule has 2 rings (SSSR count). The molecule has 0 aliphatic heterocycles. The fraction of sp³-hybridized carbons (Fsp3) is 0.154. The van der Waals surface area contributed by atoms with Crippen molar-refractivity contribution in [2.24, 2.45) is 0 Å². The Morgan fingerprint density at radius 3 is 2.71 bits per heavy atom. The van der Waals surface area contributed by atoms with Crippen molar-refractivity contribution >= 4 is 22.4 Å². The molecule has 1 atom stereocenters. The summed E-state index contributed by atoms with van der Waals surface area (Å²) in [4.78, 5) is 13.6. The molecule has 0 aliphatic carbocycles. The van der Waals surface area contributed by atoms with Crippen molar-refractivity contribution in [2.45, 2.75) is 12.5 Å². The number of carbonyl (C=O) groups excluding carboxylic acids is 1. The Morgan fingerprint density at radius 2 is 2.12 bits per heavy atom. The predicted molar refractivity (Wildman–Crippen MR) is 68.5 cm³/mol. The van der Waals surface area contributed by atoms with Crippen LogP contribution in [-0.2, 0) is 16.0 Å². The zero-order valence-electron chi connectivity index (χ0n) is 9.10. The van der Waals surface area contributed by atoms with Crippen LogP contribution in [0.1, 0.15) is 17.4 Å². The number of rotatable bonds is 5. The molecular weight excluding hydrogens is 282 g/mol. The molecule has 0 saturated heterocycles. The lowest BCUT2D eigenvalue weighted by molar-refractivity contribution is -0.134. The Labute approximate surface area is 108 Å². The number of ether oxygens (including phenoxy) is 1. The summed E-state index contributed by atoms with van der Waals surface area (Å²) in [6.07, 6.45) is 2.20. The highest BCUT2D eigenvalue weighted by molar-refractivity contribution is 9.10. The molecule has 0 bridgehead atoms. The quantitative estimate of drug-likeness (QED) is 0.860. The molecule has 0 saturated carbocycles. The number of aromatic amines is 1. The van der Waals surface area contributed by atoms with Gasteiger partial charge in [-0.3, -0.25) is 4.79 Å². The van der Waals surface area contributed by atoms with E-state index in [-0.39, 0.29) is 6.10 Å². The van der Waals surface area contributed by atoms with E-state index in [0.717, 1.165) is 15.7 Å². The summed E-state index contributed by atoms with van der Waals surface area (Å²) in [6, 6.07) is 11.8. The average molecular weight is 294 g/mol. The van der Waals surface area contributed by atoms with Crippen LogP contribution < -0.4 is 0 Å². The third-order valence-electron chi connectivity index (χ3n) is 2.50. The van der Waals surface area contributed by atoms with Gasteiger partial charge >= 0.3 is 0 Å². The SMILES string of the molecule is O=COC(Cc1ccccc1)c1cc(Br)c[nH]1. The first kappa shape index (κ1) is 11.9. The summed E-state index contributed by atoms with van der Waals surface area (Å²) in [7, 11) is 0. The molecule has 1 heterocycles. The first-order chi connectivity index (χ1) is 8.29. The molecule has 0 aliphatic rings. The van der Waals surface area contributed by atoms with E-state index < -0.39 is 0 Å². The van der Waals surface area contributed by atoms with Crippen LogP contribution in [0, 0.1) is 0 Å². The van der Waals surface area contributed by atoms with E-state index in [1.807, 2.05) is 42.6 Å². The second-order valence-electron chi connectivity index (χ2n) is 3.68. The predicted octanol–water partition coefficient (Wildman–Crippen LogP) is 3.23. The summed E-state index contributed by atoms with van der Waals surface area (Å²) in [6.45, 7) is 0.488. The molecule has 1 aromatic heterocycles. The van der Waals surface area contributed by atoms with Crippen LogP contribution in [-0.4, -0.2) is 11.5 Å². The number of aromatic nitrogens is 1. The number of nitrogens with one attached hydrogen (secondary N) is 1. The largest absolute Gasteiger partial charge is 0.458 e. The summed E-state index contributed by atoms with van der Waals surface area (Å²) in [5.74, 6) is 0. The van der Waals surface area contributed by atoms with Crippen molar-refractivity contribution in [2.75, 3.05) is 0 Å². The molecule has 0 radical (unpaired) electrons. The normalized spacial score (nSPS) is 12.1. The maximum absolute atomic E-state index is 10.5. The van der Waals surface area contributed by atoms with Gasteiger partial charge in [-0.2, -0.15) is 0 Å². The Kier molecular flexibility index (Phi) is 3.98. The van der Waals surface area contributed by atoms with Crippen LogP contribution in [0.2, 0.25) is 0 Å². The molecule has 0 fully saturated rings. The highest BCUT2D eigenvalue weighted by Gasteiger charge is 2.14. The number of benzene rings is 1. The van der Waals surface area contributed by atoms with E-state index in [2.05, 4.69) is 20.9 Å². The maximum atomic E-state index is 10.5. The van der Waals surface area contributed by atoms with Gasteiger partial charge in [0.1, 0.15) is 6.10 Å². The standard InChI is InChI=1S/C13H12BrNO2/c14-11-7-12(15-8-11)13(17-9-16)6-10-4-2-1-3-5-10/h1-5,7-9,13,15H,6H2. The second kappa shape index (κ2) is 5.68. The highest BCUT2D eigenvalue weighted by atomic mass is 79.9. The van der Waals surface area contributed by atoms with Crippen LogP contribution in [0.3, 0.4) is 0 Å². The molecule has 0 amide bonds. The summed E-state index contributed by atoms with van der Waals surface area (Å²) in [5, 5.41) is 0. The number of H-pyrrole nitrogens is 1. The van der Waals surface area contributed by atoms with Crippen molar-refractivity contribution in [1.29, 1.82) is 0 Å². The minimum Gasteiger partial charge on any atom is -0.458 e. The number of carbonyl (C=O) groups is 1. The minimum atomic E-state index is -0.277. The van der Waals surface area contributed by atoms with E-state index in [1.54, 1.807) is 0 Å². The van der Waals surface area contributed by atoms with Gasteiger partial charge in [-0.25, -0.2) is 0 Å². The van der Waals surface area contributed by atoms with Gasteiger partial charge in [0.25, 0.3) is 6.47 Å². The van der Waals surface area contributed by atoms with Crippen molar-refractivity contribution in [3.63, 3.8) is 0 Å². The minimum absolute atomic E-state index is 0.277. The van der Waals surface area contributed by atoms with Crippen molar-refractivity contribution in [3.05, 3.63) is 58.3 Å². The van der Waals surface area contributed by atoms with Crippen LogP contribution in [0.15, 0.2) is 47.1 Å². The Bertz CT molecular complexity index is 481. The van der Waals surface area contributed by atoms with E-state index in [0.29, 0.717) is 12.9 Å². The lowest BCUT2D eigenvalue weighted by atomic mass is 10.1. The van der Waals surface area contributed by atoms with Crippen molar-refractivity contribution in [3.8, 4) is 0 Å². The smallest absolute Gasteiger partial charge is 0.293 e. The van der Waals surface area contributed by atoms with Crippen molar-refractivity contribution in [1.82, 2.24) is 4.98 Å². The monoisotopic (exact) mass is 293 g/mol. The third kappa shape index (κ3) is 3.20. The van der Waals surface area contributed by atoms with Gasteiger partial charge in [-0.05, 0) is 27.6 Å². The first-order valence-electron chi connectivity index (χ1n) is 5.26. The van der Waals surface area contributed by atoms with E-state index in [1.165, 1.54) is 0 Å². The highest BCUT2D eigenvalue weighted by Crippen LogP contribution is 2.23. The topological polar surface area (TPSA) is 42.1 Å². The van der Waals surface area contributed by atoms with Gasteiger partial charge in [-0.15, -0.1) is 0 Å². The molecule has 3 nitrogen and oxygen atoms in total. The lowest BCUT2D eigenvalue weighted by Gasteiger charge is -2.13. The summed E-state index contributed by atoms with van der Waals surface area (Å²) in [5.41, 5.74) is 2.01. The molecule has 2 aromatic rings. The zero-order valence-corrected chi connectivity index (χ0v) is 10.7. The van der Waals surface area contributed by atoms with E-state index >= 15 is 0 Å². The summed E-state index contributed by atoms with van der Waals surface area (Å²) < 4.78 is 6.06. The third-order valence-corrected chi connectivity index (χ3v) is 2.96. The van der Waals surface area contributed by atoms with Crippen LogP contribution >= 0.6 is 15.9 Å². The van der Waals surface area contributed by atoms with Gasteiger partial charge in [0.05, 0.1) is 5.69 Å². The Balaban J connectivity index is 2.15. The van der Waals surface area contributed by atoms with Crippen LogP contribution in [0.4, 0.5) is 0 Å².